The Morgan fingerprint density at radius 3 is 2.19 bits per heavy atom. The lowest BCUT2D eigenvalue weighted by Crippen LogP contribution is -2.10. The van der Waals surface area contributed by atoms with Gasteiger partial charge in [-0.3, -0.25) is 9.78 Å². The van der Waals surface area contributed by atoms with Crippen molar-refractivity contribution in [1.29, 1.82) is 0 Å². The van der Waals surface area contributed by atoms with E-state index in [4.69, 9.17) is 0 Å². The zero-order valence-corrected chi connectivity index (χ0v) is 14.5. The Bertz CT molecular complexity index is 1050. The summed E-state index contributed by atoms with van der Waals surface area (Å²) in [5.41, 5.74) is 3.35. The minimum Gasteiger partial charge on any atom is -0.294 e. The van der Waals surface area contributed by atoms with Gasteiger partial charge in [0.25, 0.3) is 0 Å². The number of hydrogen-bond donors (Lipinski definition) is 0. The molecule has 0 radical (unpaired) electrons. The number of hydrogen-bond acceptors (Lipinski definition) is 5. The smallest absolute Gasteiger partial charge is 0.200 e. The van der Waals surface area contributed by atoms with Crippen molar-refractivity contribution in [3.05, 3.63) is 96.3 Å². The molecule has 2 heterocycles. The molecule has 4 rings (SSSR count). The molecule has 130 valence electrons. The first kappa shape index (κ1) is 16.7. The van der Waals surface area contributed by atoms with Crippen LogP contribution in [0.3, 0.4) is 0 Å². The van der Waals surface area contributed by atoms with E-state index < -0.39 is 0 Å². The number of nitrogens with zero attached hydrogens (tertiary/aromatic N) is 4. The molecule has 0 atom stereocenters. The van der Waals surface area contributed by atoms with E-state index in [0.29, 0.717) is 28.5 Å². The van der Waals surface area contributed by atoms with E-state index >= 15 is 0 Å². The lowest BCUT2D eigenvalue weighted by Gasteiger charge is -2.09. The van der Waals surface area contributed by atoms with Crippen molar-refractivity contribution in [3.8, 4) is 22.8 Å². The Labute approximate surface area is 156 Å². The Kier molecular flexibility index (Phi) is 4.74. The minimum absolute atomic E-state index is 0.0137. The van der Waals surface area contributed by atoms with E-state index in [2.05, 4.69) is 20.2 Å². The summed E-state index contributed by atoms with van der Waals surface area (Å²) in [6.45, 7) is 0. The maximum absolute atomic E-state index is 12.7. The van der Waals surface area contributed by atoms with E-state index in [1.165, 1.54) is 0 Å². The Balaban J connectivity index is 1.77. The van der Waals surface area contributed by atoms with Crippen LogP contribution in [0.25, 0.3) is 22.8 Å². The molecule has 0 amide bonds. The van der Waals surface area contributed by atoms with Gasteiger partial charge in [-0.05, 0) is 12.1 Å². The molecule has 0 N–H and O–H groups in total. The number of rotatable bonds is 5. The quantitative estimate of drug-likeness (QED) is 0.507. The van der Waals surface area contributed by atoms with Gasteiger partial charge in [-0.15, -0.1) is 10.2 Å². The van der Waals surface area contributed by atoms with Gasteiger partial charge in [0, 0.05) is 17.3 Å². The number of Topliss-reactive ketones (excluding diaryl/α,β-unsaturated/α-hetero) is 1. The predicted molar refractivity (Wildman–Crippen MR) is 103 cm³/mol. The highest BCUT2D eigenvalue weighted by Gasteiger charge is 2.17. The van der Waals surface area contributed by atoms with Gasteiger partial charge in [-0.2, -0.15) is 0 Å². The van der Waals surface area contributed by atoms with Crippen molar-refractivity contribution in [2.45, 2.75) is 6.42 Å². The fraction of sp³-hybridized carbons (Fsp3) is 0.0455. The van der Waals surface area contributed by atoms with Crippen LogP contribution in [0.1, 0.15) is 16.1 Å². The van der Waals surface area contributed by atoms with Gasteiger partial charge in [-0.25, -0.2) is 4.98 Å². The largest absolute Gasteiger partial charge is 0.294 e. The first-order chi connectivity index (χ1) is 13.3. The number of carbonyl (C=O) groups is 1. The van der Waals surface area contributed by atoms with Crippen LogP contribution in [0.5, 0.6) is 0 Å². The van der Waals surface area contributed by atoms with E-state index in [0.717, 1.165) is 5.56 Å². The molecule has 2 aromatic carbocycles. The molecule has 4 aromatic rings. The molecule has 5 nitrogen and oxygen atoms in total. The van der Waals surface area contributed by atoms with Crippen LogP contribution >= 0.6 is 0 Å². The molecule has 27 heavy (non-hydrogen) atoms. The first-order valence-corrected chi connectivity index (χ1v) is 8.60. The summed E-state index contributed by atoms with van der Waals surface area (Å²) in [5.74, 6) is 0.395. The van der Waals surface area contributed by atoms with E-state index in [-0.39, 0.29) is 12.2 Å². The second kappa shape index (κ2) is 7.66. The second-order valence-corrected chi connectivity index (χ2v) is 5.98. The van der Waals surface area contributed by atoms with Crippen molar-refractivity contribution in [1.82, 2.24) is 20.2 Å². The fourth-order valence-electron chi connectivity index (χ4n) is 2.78. The standard InChI is InChI=1S/C22H16N4O/c27-20(16-9-3-1-4-10-16)15-19-21(17-11-5-2-6-12-17)25-26-22(24-19)18-13-7-8-14-23-18/h1-14H,15H2. The van der Waals surface area contributed by atoms with Gasteiger partial charge >= 0.3 is 0 Å². The highest BCUT2D eigenvalue weighted by Crippen LogP contribution is 2.22. The monoisotopic (exact) mass is 352 g/mol. The minimum atomic E-state index is -0.0137. The summed E-state index contributed by atoms with van der Waals surface area (Å²) >= 11 is 0. The van der Waals surface area contributed by atoms with Crippen LogP contribution in [-0.2, 0) is 6.42 Å². The summed E-state index contributed by atoms with van der Waals surface area (Å²) in [6.07, 6.45) is 1.82. The molecule has 0 aliphatic heterocycles. The molecule has 0 aliphatic rings. The van der Waals surface area contributed by atoms with Crippen molar-refractivity contribution >= 4 is 5.78 Å². The van der Waals surface area contributed by atoms with Gasteiger partial charge in [-0.1, -0.05) is 66.7 Å². The summed E-state index contributed by atoms with van der Waals surface area (Å²) in [5, 5.41) is 8.60. The maximum atomic E-state index is 12.7. The fourth-order valence-corrected chi connectivity index (χ4v) is 2.78. The molecular weight excluding hydrogens is 336 g/mol. The average Bonchev–Trinajstić information content (AvgIpc) is 2.75. The molecule has 0 spiro atoms. The molecule has 0 saturated heterocycles. The topological polar surface area (TPSA) is 68.6 Å². The number of benzene rings is 2. The zero-order chi connectivity index (χ0) is 18.5. The van der Waals surface area contributed by atoms with Crippen LogP contribution in [-0.4, -0.2) is 25.9 Å². The molecule has 5 heteroatoms. The van der Waals surface area contributed by atoms with E-state index in [1.54, 1.807) is 18.3 Å². The van der Waals surface area contributed by atoms with Crippen molar-refractivity contribution in [3.63, 3.8) is 0 Å². The van der Waals surface area contributed by atoms with Crippen LogP contribution in [0.15, 0.2) is 85.1 Å². The molecule has 0 fully saturated rings. The molecule has 0 saturated carbocycles. The van der Waals surface area contributed by atoms with Crippen molar-refractivity contribution in [2.75, 3.05) is 0 Å². The number of aromatic nitrogens is 4. The molecule has 0 aliphatic carbocycles. The Morgan fingerprint density at radius 2 is 1.48 bits per heavy atom. The van der Waals surface area contributed by atoms with Gasteiger partial charge in [0.15, 0.2) is 5.78 Å². The van der Waals surface area contributed by atoms with Gasteiger partial charge < -0.3 is 0 Å². The van der Waals surface area contributed by atoms with Crippen LogP contribution in [0.2, 0.25) is 0 Å². The average molecular weight is 352 g/mol. The maximum Gasteiger partial charge on any atom is 0.200 e. The van der Waals surface area contributed by atoms with E-state index in [1.807, 2.05) is 66.7 Å². The molecule has 2 aromatic heterocycles. The summed E-state index contributed by atoms with van der Waals surface area (Å²) in [6, 6.07) is 24.4. The molecule has 0 unspecified atom stereocenters. The predicted octanol–water partition coefficient (Wildman–Crippen LogP) is 4.03. The summed E-state index contributed by atoms with van der Waals surface area (Å²) in [7, 11) is 0. The summed E-state index contributed by atoms with van der Waals surface area (Å²) < 4.78 is 0. The number of ketones is 1. The highest BCUT2D eigenvalue weighted by atomic mass is 16.1. The van der Waals surface area contributed by atoms with Crippen LogP contribution in [0, 0.1) is 0 Å². The third-order valence-electron chi connectivity index (χ3n) is 4.12. The lowest BCUT2D eigenvalue weighted by molar-refractivity contribution is 0.0992. The Morgan fingerprint density at radius 1 is 0.778 bits per heavy atom. The van der Waals surface area contributed by atoms with E-state index in [9.17, 15) is 4.79 Å². The SMILES string of the molecule is O=C(Cc1nc(-c2ccccn2)nnc1-c1ccccc1)c1ccccc1. The third kappa shape index (κ3) is 3.77. The van der Waals surface area contributed by atoms with Gasteiger partial charge in [0.1, 0.15) is 11.4 Å². The first-order valence-electron chi connectivity index (χ1n) is 8.60. The lowest BCUT2D eigenvalue weighted by atomic mass is 10.0. The van der Waals surface area contributed by atoms with Crippen molar-refractivity contribution in [2.24, 2.45) is 0 Å². The molecule has 0 bridgehead atoms. The van der Waals surface area contributed by atoms with Crippen LogP contribution in [0.4, 0.5) is 0 Å². The van der Waals surface area contributed by atoms with Gasteiger partial charge in [0.05, 0.1) is 12.1 Å². The van der Waals surface area contributed by atoms with Gasteiger partial charge in [0.2, 0.25) is 5.82 Å². The number of pyridine rings is 1. The second-order valence-electron chi connectivity index (χ2n) is 5.98. The normalized spacial score (nSPS) is 10.5. The third-order valence-corrected chi connectivity index (χ3v) is 4.12. The van der Waals surface area contributed by atoms with Crippen LogP contribution < -0.4 is 0 Å². The Hall–Kier alpha value is -3.73. The summed E-state index contributed by atoms with van der Waals surface area (Å²) in [4.78, 5) is 21.6. The van der Waals surface area contributed by atoms with Crippen molar-refractivity contribution < 1.29 is 4.79 Å². The zero-order valence-electron chi connectivity index (χ0n) is 14.5. The highest BCUT2D eigenvalue weighted by molar-refractivity contribution is 5.98. The molecular formula is C22H16N4O. The number of carbonyl (C=O) groups excluding carboxylic acids is 1.